The van der Waals surface area contributed by atoms with Crippen molar-refractivity contribution < 1.29 is 0 Å². The molecule has 1 atom stereocenters. The average molecular weight is 311 g/mol. The first kappa shape index (κ1) is 13.8. The Kier molecular flexibility index (Phi) is 3.13. The van der Waals surface area contributed by atoms with E-state index in [2.05, 4.69) is 32.7 Å². The van der Waals surface area contributed by atoms with Gasteiger partial charge in [-0.05, 0) is 49.8 Å². The highest BCUT2D eigenvalue weighted by atomic mass is 15.3. The van der Waals surface area contributed by atoms with Crippen LogP contribution in [0.1, 0.15) is 42.9 Å². The highest BCUT2D eigenvalue weighted by molar-refractivity contribution is 5.71. The van der Waals surface area contributed by atoms with Crippen LogP contribution in [0.25, 0.3) is 5.65 Å². The first-order chi connectivity index (χ1) is 11.3. The number of imidazole rings is 1. The Morgan fingerprint density at radius 1 is 1.13 bits per heavy atom. The summed E-state index contributed by atoms with van der Waals surface area (Å²) in [5.41, 5.74) is 10.7. The molecule has 0 amide bonds. The summed E-state index contributed by atoms with van der Waals surface area (Å²) in [5, 5.41) is 0. The molecule has 5 heteroatoms. The van der Waals surface area contributed by atoms with Crippen LogP contribution >= 0.6 is 0 Å². The van der Waals surface area contributed by atoms with Crippen molar-refractivity contribution in [2.75, 3.05) is 31.1 Å². The average Bonchev–Trinajstić information content (AvgIpc) is 3.18. The minimum atomic E-state index is 0.510. The summed E-state index contributed by atoms with van der Waals surface area (Å²) in [6, 6.07) is 3.14. The second-order valence-electron chi connectivity index (χ2n) is 7.38. The fourth-order valence-electron chi connectivity index (χ4n) is 4.33. The molecule has 0 spiro atoms. The highest BCUT2D eigenvalue weighted by Gasteiger charge is 2.32. The van der Waals surface area contributed by atoms with Gasteiger partial charge in [-0.1, -0.05) is 0 Å². The van der Waals surface area contributed by atoms with Crippen LogP contribution in [0.2, 0.25) is 0 Å². The van der Waals surface area contributed by atoms with Crippen molar-refractivity contribution in [2.45, 2.75) is 44.2 Å². The predicted molar refractivity (Wildman–Crippen MR) is 91.9 cm³/mol. The highest BCUT2D eigenvalue weighted by Crippen LogP contribution is 2.42. The van der Waals surface area contributed by atoms with Crippen molar-refractivity contribution in [1.82, 2.24) is 14.3 Å². The van der Waals surface area contributed by atoms with Gasteiger partial charge in [0.25, 0.3) is 0 Å². The first-order valence-corrected chi connectivity index (χ1v) is 9.02. The molecule has 3 aliphatic rings. The van der Waals surface area contributed by atoms with Gasteiger partial charge >= 0.3 is 0 Å². The minimum Gasteiger partial charge on any atom is -0.366 e. The standard InChI is InChI=1S/C18H25N5/c19-9-15-11-23-10-14(13-3-4-13)8-17(18(23)20-15)22-7-6-21-5-1-2-16(21)12-22/h8,10-11,13,16H,1-7,9,12,19H2. The molecule has 4 heterocycles. The number of piperazine rings is 1. The van der Waals surface area contributed by atoms with Gasteiger partial charge in [-0.25, -0.2) is 4.98 Å². The lowest BCUT2D eigenvalue weighted by Gasteiger charge is -2.39. The van der Waals surface area contributed by atoms with Crippen LogP contribution in [-0.4, -0.2) is 46.5 Å². The Bertz CT molecular complexity index is 732. The number of rotatable bonds is 3. The maximum Gasteiger partial charge on any atom is 0.160 e. The third-order valence-electron chi connectivity index (χ3n) is 5.79. The van der Waals surface area contributed by atoms with Crippen molar-refractivity contribution in [3.63, 3.8) is 0 Å². The Morgan fingerprint density at radius 3 is 2.87 bits per heavy atom. The van der Waals surface area contributed by atoms with Crippen molar-refractivity contribution >= 4 is 11.3 Å². The molecular weight excluding hydrogens is 286 g/mol. The lowest BCUT2D eigenvalue weighted by molar-refractivity contribution is 0.231. The molecule has 1 aliphatic carbocycles. The van der Waals surface area contributed by atoms with E-state index in [4.69, 9.17) is 10.7 Å². The fourth-order valence-corrected chi connectivity index (χ4v) is 4.33. The van der Waals surface area contributed by atoms with E-state index in [1.807, 2.05) is 0 Å². The van der Waals surface area contributed by atoms with E-state index in [1.54, 1.807) is 0 Å². The molecule has 5 nitrogen and oxygen atoms in total. The number of nitrogens with two attached hydrogens (primary N) is 1. The SMILES string of the molecule is NCc1cn2cc(C3CC3)cc(N3CCN4CCCC4C3)c2n1. The second kappa shape index (κ2) is 5.21. The quantitative estimate of drug-likeness (QED) is 0.941. The van der Waals surface area contributed by atoms with Gasteiger partial charge in [0.1, 0.15) is 0 Å². The predicted octanol–water partition coefficient (Wildman–Crippen LogP) is 1.95. The number of hydrogen-bond acceptors (Lipinski definition) is 4. The third kappa shape index (κ3) is 2.34. The number of fused-ring (bicyclic) bond motifs is 2. The normalized spacial score (nSPS) is 25.3. The van der Waals surface area contributed by atoms with E-state index in [1.165, 1.54) is 50.0 Å². The lowest BCUT2D eigenvalue weighted by Crippen LogP contribution is -2.50. The van der Waals surface area contributed by atoms with Gasteiger partial charge in [0.05, 0.1) is 11.4 Å². The molecule has 2 aromatic rings. The van der Waals surface area contributed by atoms with Gasteiger partial charge in [-0.15, -0.1) is 0 Å². The summed E-state index contributed by atoms with van der Waals surface area (Å²) in [4.78, 5) is 10.0. The van der Waals surface area contributed by atoms with Crippen LogP contribution in [0, 0.1) is 0 Å². The maximum atomic E-state index is 5.83. The lowest BCUT2D eigenvalue weighted by atomic mass is 10.1. The first-order valence-electron chi connectivity index (χ1n) is 9.02. The van der Waals surface area contributed by atoms with Crippen molar-refractivity contribution in [1.29, 1.82) is 0 Å². The van der Waals surface area contributed by atoms with Crippen LogP contribution in [0.3, 0.4) is 0 Å². The van der Waals surface area contributed by atoms with Crippen LogP contribution in [0.5, 0.6) is 0 Å². The zero-order chi connectivity index (χ0) is 15.4. The van der Waals surface area contributed by atoms with Crippen LogP contribution in [0.15, 0.2) is 18.5 Å². The van der Waals surface area contributed by atoms with Crippen molar-refractivity contribution in [2.24, 2.45) is 5.73 Å². The monoisotopic (exact) mass is 311 g/mol. The number of hydrogen-bond donors (Lipinski definition) is 1. The molecule has 0 bridgehead atoms. The van der Waals surface area contributed by atoms with E-state index in [0.29, 0.717) is 6.54 Å². The van der Waals surface area contributed by atoms with Gasteiger partial charge in [-0.2, -0.15) is 0 Å². The van der Waals surface area contributed by atoms with Crippen LogP contribution in [-0.2, 0) is 6.54 Å². The number of anilines is 1. The summed E-state index contributed by atoms with van der Waals surface area (Å²) in [6.07, 6.45) is 9.75. The Balaban J connectivity index is 1.56. The van der Waals surface area contributed by atoms with Gasteiger partial charge in [0, 0.05) is 44.6 Å². The summed E-state index contributed by atoms with van der Waals surface area (Å²) >= 11 is 0. The largest absolute Gasteiger partial charge is 0.366 e. The van der Waals surface area contributed by atoms with Crippen molar-refractivity contribution in [3.8, 4) is 0 Å². The zero-order valence-electron chi connectivity index (χ0n) is 13.6. The minimum absolute atomic E-state index is 0.510. The molecule has 2 aromatic heterocycles. The van der Waals surface area contributed by atoms with E-state index in [0.717, 1.165) is 36.4 Å². The van der Waals surface area contributed by atoms with Gasteiger partial charge in [0.15, 0.2) is 5.65 Å². The van der Waals surface area contributed by atoms with Gasteiger partial charge < -0.3 is 15.0 Å². The maximum absolute atomic E-state index is 5.83. The molecule has 2 saturated heterocycles. The topological polar surface area (TPSA) is 49.8 Å². The molecular formula is C18H25N5. The Hall–Kier alpha value is -1.59. The van der Waals surface area contributed by atoms with Gasteiger partial charge in [0.2, 0.25) is 0 Å². The van der Waals surface area contributed by atoms with E-state index >= 15 is 0 Å². The zero-order valence-corrected chi connectivity index (χ0v) is 13.6. The van der Waals surface area contributed by atoms with Crippen molar-refractivity contribution in [3.05, 3.63) is 29.7 Å². The summed E-state index contributed by atoms with van der Waals surface area (Å²) in [7, 11) is 0. The Labute approximate surface area is 137 Å². The summed E-state index contributed by atoms with van der Waals surface area (Å²) in [6.45, 7) is 5.25. The molecule has 0 radical (unpaired) electrons. The molecule has 0 aromatic carbocycles. The molecule has 1 unspecified atom stereocenters. The fraction of sp³-hybridized carbons (Fsp3) is 0.611. The number of nitrogens with zero attached hydrogens (tertiary/aromatic N) is 4. The second-order valence-corrected chi connectivity index (χ2v) is 7.38. The number of pyridine rings is 1. The summed E-state index contributed by atoms with van der Waals surface area (Å²) < 4.78 is 2.21. The molecule has 2 N–H and O–H groups in total. The molecule has 23 heavy (non-hydrogen) atoms. The molecule has 2 aliphatic heterocycles. The molecule has 122 valence electrons. The van der Waals surface area contributed by atoms with Gasteiger partial charge in [-0.3, -0.25) is 4.90 Å². The Morgan fingerprint density at radius 2 is 2.04 bits per heavy atom. The number of aromatic nitrogens is 2. The van der Waals surface area contributed by atoms with Crippen LogP contribution < -0.4 is 10.6 Å². The van der Waals surface area contributed by atoms with Crippen LogP contribution in [0.4, 0.5) is 5.69 Å². The van der Waals surface area contributed by atoms with E-state index < -0.39 is 0 Å². The third-order valence-corrected chi connectivity index (χ3v) is 5.79. The smallest absolute Gasteiger partial charge is 0.160 e. The van der Waals surface area contributed by atoms with E-state index in [-0.39, 0.29) is 0 Å². The molecule has 3 fully saturated rings. The van der Waals surface area contributed by atoms with E-state index in [9.17, 15) is 0 Å². The molecule has 5 rings (SSSR count). The summed E-state index contributed by atoms with van der Waals surface area (Å²) in [5.74, 6) is 0.759. The molecule has 1 saturated carbocycles.